The van der Waals surface area contributed by atoms with Gasteiger partial charge in [-0.3, -0.25) is 19.2 Å². The Hall–Kier alpha value is -11.3. The first-order valence-corrected chi connectivity index (χ1v) is 46.6. The number of nitrogens with two attached hydrogens (primary N) is 3. The normalized spacial score (nSPS) is 20.8. The molecule has 4 amide bonds. The standard InChI is InChI=1S/C25H30N6OS.C23H26F2N6OS.C23H28N6OS.C22H25N5O2/c1-14-11-27-22-21(26)23(33-25(22)28-14)24(32)30-17-7-5-16-10-20(8-6-15(16)9-17)31-12-18-3-2-4-19(13-31)29-18;1-13-10-28-19-18(26)20(33-22(19)29-13)21(32)30-16-4-2-15-9-17(5-3-14(15)8-16)31-7-6-27-11-23(24,25)12-31;1-14-13-26-20-19(24)21(31-23(20)27-14)22(30)28-17-5-3-16-12-18(6-4-15(16)11-17)29-9-2-7-25-8-10-29;1-15-3-2-4-20-19(13-24-27(15)20)22(28)25-17-11-16-5-6-18(12-21(16)29-14-17)26-9-7-23-8-10-26/h6,8,10-11,17-19,29H,2-5,7,9,12-13,26H2,1H3,(H,30,32);3,5,9-10,16,27H,2,4,6-8,11-12,26H2,1H3,(H,30,32);4,6,12-13,17,25H,2-3,5,7-11,24H2,1H3,(H,28,30);2-6,12-13,17,23H,7-11,14H2,1H3,(H,25,28)/t17-,18?,19?;16-;2*17-/m0001/s1. The van der Waals surface area contributed by atoms with Crippen molar-refractivity contribution in [2.24, 2.45) is 0 Å². The minimum Gasteiger partial charge on any atom is -0.491 e. The Kier molecular flexibility index (Phi) is 25.3. The van der Waals surface area contributed by atoms with E-state index in [2.05, 4.69) is 147 Å². The van der Waals surface area contributed by atoms with Gasteiger partial charge in [-0.2, -0.15) is 5.10 Å². The van der Waals surface area contributed by atoms with Crippen LogP contribution in [0.4, 0.5) is 48.6 Å². The molecular weight excluding hydrogens is 1650 g/mol. The van der Waals surface area contributed by atoms with E-state index in [4.69, 9.17) is 21.9 Å². The van der Waals surface area contributed by atoms with E-state index in [9.17, 15) is 28.0 Å². The number of aryl methyl sites for hydroxylation is 7. The number of halogens is 2. The average Bonchev–Trinajstić information content (AvgIpc) is 1.47. The first kappa shape index (κ1) is 85.5. The summed E-state index contributed by atoms with van der Waals surface area (Å²) < 4.78 is 35.8. The molecule has 3 aliphatic carbocycles. The quantitative estimate of drug-likeness (QED) is 0.0541. The van der Waals surface area contributed by atoms with E-state index in [0.29, 0.717) is 102 Å². The predicted octanol–water partition coefficient (Wildman–Crippen LogP) is 10.6. The number of fused-ring (bicyclic) bond motifs is 10. The Morgan fingerprint density at radius 2 is 0.905 bits per heavy atom. The molecular formula is C93H109F2N23O5S3. The number of carbonyl (C=O) groups is 4. The molecule has 0 radical (unpaired) electrons. The van der Waals surface area contributed by atoms with Gasteiger partial charge in [-0.1, -0.05) is 36.8 Å². The summed E-state index contributed by atoms with van der Waals surface area (Å²) in [6.45, 7) is 19.1. The molecule has 2 bridgehead atoms. The lowest BCUT2D eigenvalue weighted by molar-refractivity contribution is 0.0157. The molecule has 6 atom stereocenters. The third-order valence-corrected chi connectivity index (χ3v) is 28.8. The number of benzene rings is 4. The lowest BCUT2D eigenvalue weighted by atomic mass is 9.87. The summed E-state index contributed by atoms with van der Waals surface area (Å²) in [7, 11) is 0. The molecule has 126 heavy (non-hydrogen) atoms. The number of amides is 4. The van der Waals surface area contributed by atoms with E-state index in [1.54, 1.807) is 34.2 Å². The van der Waals surface area contributed by atoms with Gasteiger partial charge in [-0.15, -0.1) is 34.0 Å². The van der Waals surface area contributed by atoms with Crippen LogP contribution in [0.3, 0.4) is 0 Å². The van der Waals surface area contributed by atoms with Gasteiger partial charge in [0, 0.05) is 155 Å². The van der Waals surface area contributed by atoms with Gasteiger partial charge in [0.25, 0.3) is 29.6 Å². The zero-order valence-electron chi connectivity index (χ0n) is 71.6. The molecule has 0 saturated carbocycles. The zero-order chi connectivity index (χ0) is 86.9. The number of alkyl halides is 2. The maximum absolute atomic E-state index is 14.0. The molecule has 0 spiro atoms. The third-order valence-electron chi connectivity index (χ3n) is 25.6. The average molecular weight is 1760 g/mol. The van der Waals surface area contributed by atoms with Gasteiger partial charge in [0.2, 0.25) is 0 Å². The maximum atomic E-state index is 14.0. The van der Waals surface area contributed by atoms with Crippen LogP contribution in [0.25, 0.3) is 36.6 Å². The van der Waals surface area contributed by atoms with Gasteiger partial charge in [-0.05, 0) is 211 Å². The molecule has 28 nitrogen and oxygen atoms in total. The number of hydrogen-bond donors (Lipinski definition) is 11. The molecule has 8 aromatic heterocycles. The number of rotatable bonds is 12. The summed E-state index contributed by atoms with van der Waals surface area (Å²) in [6, 6.07) is 33.4. The number of nitrogen functional groups attached to an aromatic ring is 3. The summed E-state index contributed by atoms with van der Waals surface area (Å²) in [4.78, 5) is 90.8. The van der Waals surface area contributed by atoms with Crippen molar-refractivity contribution in [3.8, 4) is 5.75 Å². The Labute approximate surface area is 742 Å². The van der Waals surface area contributed by atoms with Crippen molar-refractivity contribution in [1.82, 2.24) is 82.1 Å². The van der Waals surface area contributed by atoms with Gasteiger partial charge in [-0.25, -0.2) is 43.2 Å². The third kappa shape index (κ3) is 19.2. The van der Waals surface area contributed by atoms with Crippen LogP contribution in [-0.2, 0) is 44.9 Å². The van der Waals surface area contributed by atoms with Crippen LogP contribution in [-0.4, -0.2) is 204 Å². The molecule has 4 aromatic carbocycles. The fourth-order valence-electron chi connectivity index (χ4n) is 19.0. The SMILES string of the molecule is Cc1cccc2c(C(=O)N[C@H]3COc4cc(N5CCNCC5)ccc4C3)cnn12.Cc1cnc2c(N)c(C(=O)N[C@H]3CCc4cc(N5CC6CCCC(C5)N6)ccc4C3)sc2n1.Cc1cnc2c(N)c(C(=O)N[C@H]3CCc4cc(N5CCCNCC5)ccc4C3)sc2n1.Cc1cnc2c(N)c(C(=O)N[C@H]3CCc4cc(N5CCNCC(F)(F)C5)ccc4C3)sc2n1. The summed E-state index contributed by atoms with van der Waals surface area (Å²) >= 11 is 3.90. The number of nitrogens with one attached hydrogen (secondary N) is 8. The molecule has 2 unspecified atom stereocenters. The molecule has 5 fully saturated rings. The molecule has 6 aliphatic heterocycles. The first-order chi connectivity index (χ1) is 61.1. The highest BCUT2D eigenvalue weighted by molar-refractivity contribution is 7.22. The van der Waals surface area contributed by atoms with Crippen molar-refractivity contribution in [3.63, 3.8) is 0 Å². The van der Waals surface area contributed by atoms with Crippen LogP contribution in [0.2, 0.25) is 0 Å². The first-order valence-electron chi connectivity index (χ1n) is 44.2. The fourth-order valence-corrected chi connectivity index (χ4v) is 22.0. The number of hydrogen-bond acceptors (Lipinski definition) is 26. The van der Waals surface area contributed by atoms with Crippen LogP contribution in [0.15, 0.2) is 116 Å². The van der Waals surface area contributed by atoms with E-state index >= 15 is 0 Å². The molecule has 14 heterocycles. The molecule has 33 heteroatoms. The highest BCUT2D eigenvalue weighted by Gasteiger charge is 2.37. The Morgan fingerprint density at radius 1 is 0.468 bits per heavy atom. The Balaban J connectivity index is 0.000000114. The van der Waals surface area contributed by atoms with Gasteiger partial charge in [0.05, 0.1) is 70.6 Å². The van der Waals surface area contributed by atoms with Crippen LogP contribution in [0.1, 0.15) is 146 Å². The van der Waals surface area contributed by atoms with Crippen LogP contribution < -0.4 is 84.1 Å². The maximum Gasteiger partial charge on any atom is 0.277 e. The largest absolute Gasteiger partial charge is 0.491 e. The number of anilines is 7. The van der Waals surface area contributed by atoms with E-state index in [-0.39, 0.29) is 60.9 Å². The summed E-state index contributed by atoms with van der Waals surface area (Å²) in [5.41, 5.74) is 40.1. The fraction of sp³-hybridized carbons (Fsp3) is 0.430. The summed E-state index contributed by atoms with van der Waals surface area (Å²) in [6.07, 6.45) is 20.3. The second-order valence-corrected chi connectivity index (χ2v) is 37.8. The Bertz CT molecular complexity index is 6050. The number of ether oxygens (including phenoxy) is 1. The summed E-state index contributed by atoms with van der Waals surface area (Å²) in [5.74, 6) is -2.38. The number of thiophene rings is 3. The van der Waals surface area contributed by atoms with Crippen LogP contribution in [0, 0.1) is 27.7 Å². The smallest absolute Gasteiger partial charge is 0.277 e. The number of pyridine rings is 1. The van der Waals surface area contributed by atoms with E-state index < -0.39 is 5.92 Å². The minimum atomic E-state index is -2.75. The van der Waals surface area contributed by atoms with Crippen molar-refractivity contribution < 1.29 is 32.7 Å². The van der Waals surface area contributed by atoms with Crippen molar-refractivity contribution >= 4 is 134 Å². The lowest BCUT2D eigenvalue weighted by Crippen LogP contribution is -2.58. The predicted molar refractivity (Wildman–Crippen MR) is 497 cm³/mol. The molecule has 9 aliphatic rings. The van der Waals surface area contributed by atoms with Gasteiger partial charge >= 0.3 is 0 Å². The second-order valence-electron chi connectivity index (χ2n) is 34.8. The van der Waals surface area contributed by atoms with E-state index in [1.165, 1.54) is 99.0 Å². The molecule has 12 aromatic rings. The van der Waals surface area contributed by atoms with Crippen molar-refractivity contribution in [2.75, 3.05) is 135 Å². The van der Waals surface area contributed by atoms with E-state index in [1.807, 2.05) is 64.1 Å². The van der Waals surface area contributed by atoms with Crippen molar-refractivity contribution in [2.45, 2.75) is 160 Å². The van der Waals surface area contributed by atoms with Gasteiger partial charge in [0.15, 0.2) is 0 Å². The second kappa shape index (κ2) is 37.3. The van der Waals surface area contributed by atoms with Gasteiger partial charge in [0.1, 0.15) is 58.0 Å². The number of aromatic nitrogens is 8. The highest BCUT2D eigenvalue weighted by Crippen LogP contribution is 2.39. The molecule has 658 valence electrons. The van der Waals surface area contributed by atoms with Crippen LogP contribution in [0.5, 0.6) is 5.75 Å². The van der Waals surface area contributed by atoms with Crippen molar-refractivity contribution in [3.05, 3.63) is 198 Å². The molecule has 5 saturated heterocycles. The minimum absolute atomic E-state index is 0.0187. The highest BCUT2D eigenvalue weighted by atomic mass is 32.1. The topological polar surface area (TPSA) is 359 Å². The lowest BCUT2D eigenvalue weighted by Gasteiger charge is -2.43. The summed E-state index contributed by atoms with van der Waals surface area (Å²) in [5, 5.41) is 30.4. The zero-order valence-corrected chi connectivity index (χ0v) is 74.0. The number of piperidine rings is 1. The molecule has 21 rings (SSSR count). The number of carbonyl (C=O) groups excluding carboxylic acids is 4. The molecule has 14 N–H and O–H groups in total. The number of piperazine rings is 2. The van der Waals surface area contributed by atoms with E-state index in [0.717, 1.165) is 184 Å². The van der Waals surface area contributed by atoms with Crippen molar-refractivity contribution in [1.29, 1.82) is 0 Å². The number of nitrogens with zero attached hydrogens (tertiary/aromatic N) is 12. The van der Waals surface area contributed by atoms with Crippen LogP contribution >= 0.6 is 34.0 Å². The Morgan fingerprint density at radius 3 is 1.42 bits per heavy atom. The van der Waals surface area contributed by atoms with Gasteiger partial charge < -0.3 is 84.1 Å². The monoisotopic (exact) mass is 1760 g/mol.